The molecule has 0 spiro atoms. The molecule has 2 aromatic rings. The number of nitrogens with zero attached hydrogens (tertiary/aromatic N) is 2. The van der Waals surface area contributed by atoms with E-state index in [0.717, 1.165) is 15.9 Å². The highest BCUT2D eigenvalue weighted by atomic mass is 32.1. The van der Waals surface area contributed by atoms with E-state index in [2.05, 4.69) is 10.4 Å². The number of aliphatic hydroxyl groups excluding tert-OH is 1. The van der Waals surface area contributed by atoms with Gasteiger partial charge >= 0.3 is 0 Å². The number of aliphatic hydroxyl groups is 1. The Hall–Kier alpha value is -1.60. The smallest absolute Gasteiger partial charge is 0.263 e. The minimum atomic E-state index is -0.425. The number of nitrogens with two attached hydrogens (primary N) is 1. The van der Waals surface area contributed by atoms with Crippen LogP contribution in [0.15, 0.2) is 0 Å². The largest absolute Gasteiger partial charge is 0.397 e. The number of nitrogen functional groups attached to an aromatic ring is 1. The summed E-state index contributed by atoms with van der Waals surface area (Å²) in [6.07, 6.45) is 0.100. The number of aryl methyl sites for hydroxylation is 2. The fourth-order valence-corrected chi connectivity index (χ4v) is 3.08. The van der Waals surface area contributed by atoms with Gasteiger partial charge in [-0.2, -0.15) is 5.10 Å². The van der Waals surface area contributed by atoms with Crippen molar-refractivity contribution in [3.63, 3.8) is 0 Å². The Labute approximate surface area is 115 Å². The number of hydrogen-bond donors (Lipinski definition) is 3. The van der Waals surface area contributed by atoms with Crippen molar-refractivity contribution in [1.29, 1.82) is 0 Å². The maximum Gasteiger partial charge on any atom is 0.263 e. The molecular formula is C12H18N4O2S. The van der Waals surface area contributed by atoms with E-state index in [1.807, 2.05) is 14.0 Å². The number of rotatable bonds is 4. The Balaban J connectivity index is 2.23. The lowest BCUT2D eigenvalue weighted by molar-refractivity contribution is 0.0950. The maximum atomic E-state index is 12.0. The summed E-state index contributed by atoms with van der Waals surface area (Å²) in [5.74, 6) is -0.196. The Morgan fingerprint density at radius 1 is 1.63 bits per heavy atom. The molecule has 0 bridgehead atoms. The van der Waals surface area contributed by atoms with Crippen LogP contribution >= 0.6 is 11.3 Å². The summed E-state index contributed by atoms with van der Waals surface area (Å²) >= 11 is 1.34. The van der Waals surface area contributed by atoms with Gasteiger partial charge in [0.1, 0.15) is 9.71 Å². The quantitative estimate of drug-likeness (QED) is 0.780. The third-order valence-corrected chi connectivity index (χ3v) is 4.21. The van der Waals surface area contributed by atoms with Crippen molar-refractivity contribution in [2.75, 3.05) is 12.3 Å². The van der Waals surface area contributed by atoms with Crippen LogP contribution in [0.1, 0.15) is 28.7 Å². The molecule has 0 aliphatic heterocycles. The number of hydrogen-bond acceptors (Lipinski definition) is 5. The van der Waals surface area contributed by atoms with E-state index >= 15 is 0 Å². The zero-order chi connectivity index (χ0) is 14.2. The summed E-state index contributed by atoms with van der Waals surface area (Å²) in [4.78, 5) is 13.5. The first kappa shape index (κ1) is 13.8. The summed E-state index contributed by atoms with van der Waals surface area (Å²) in [5, 5.41) is 17.1. The molecule has 2 rings (SSSR count). The highest BCUT2D eigenvalue weighted by molar-refractivity contribution is 7.21. The van der Waals surface area contributed by atoms with Crippen molar-refractivity contribution >= 4 is 33.1 Å². The fraction of sp³-hybridized carbons (Fsp3) is 0.500. The van der Waals surface area contributed by atoms with E-state index in [1.54, 1.807) is 11.6 Å². The van der Waals surface area contributed by atoms with Crippen LogP contribution in [-0.4, -0.2) is 33.4 Å². The minimum absolute atomic E-state index is 0.196. The molecule has 4 N–H and O–H groups in total. The van der Waals surface area contributed by atoms with Gasteiger partial charge in [0.25, 0.3) is 5.91 Å². The van der Waals surface area contributed by atoms with Crippen molar-refractivity contribution in [2.24, 2.45) is 7.05 Å². The van der Waals surface area contributed by atoms with Crippen molar-refractivity contribution in [3.8, 4) is 0 Å². The monoisotopic (exact) mass is 282 g/mol. The van der Waals surface area contributed by atoms with Gasteiger partial charge in [0, 0.05) is 13.6 Å². The number of carbonyl (C=O) groups is 1. The molecule has 0 fully saturated rings. The highest BCUT2D eigenvalue weighted by Crippen LogP contribution is 2.35. The van der Waals surface area contributed by atoms with E-state index in [1.165, 1.54) is 11.3 Å². The van der Waals surface area contributed by atoms with Gasteiger partial charge in [0.2, 0.25) is 0 Å². The molecule has 6 nitrogen and oxygen atoms in total. The molecule has 104 valence electrons. The number of anilines is 1. The topological polar surface area (TPSA) is 93.2 Å². The number of fused-ring (bicyclic) bond motifs is 1. The first-order valence-electron chi connectivity index (χ1n) is 6.09. The van der Waals surface area contributed by atoms with Crippen LogP contribution in [0, 0.1) is 6.92 Å². The fourth-order valence-electron chi connectivity index (χ4n) is 1.97. The van der Waals surface area contributed by atoms with Gasteiger partial charge in [-0.05, 0) is 20.3 Å². The lowest BCUT2D eigenvalue weighted by Crippen LogP contribution is -2.26. The molecule has 19 heavy (non-hydrogen) atoms. The third kappa shape index (κ3) is 2.57. The van der Waals surface area contributed by atoms with Gasteiger partial charge in [-0.15, -0.1) is 11.3 Å². The summed E-state index contributed by atoms with van der Waals surface area (Å²) in [5.41, 5.74) is 7.35. The molecule has 0 aliphatic carbocycles. The van der Waals surface area contributed by atoms with E-state index in [-0.39, 0.29) is 5.91 Å². The normalized spacial score (nSPS) is 12.8. The van der Waals surface area contributed by atoms with E-state index in [9.17, 15) is 4.79 Å². The molecule has 0 aliphatic rings. The zero-order valence-electron chi connectivity index (χ0n) is 11.2. The Morgan fingerprint density at radius 3 is 2.89 bits per heavy atom. The zero-order valence-corrected chi connectivity index (χ0v) is 12.0. The molecule has 2 aromatic heterocycles. The molecule has 1 atom stereocenters. The van der Waals surface area contributed by atoms with Gasteiger partial charge in [-0.1, -0.05) is 0 Å². The lowest BCUT2D eigenvalue weighted by Gasteiger charge is -2.06. The first-order chi connectivity index (χ1) is 8.91. The number of nitrogens with one attached hydrogen (secondary N) is 1. The second-order valence-electron chi connectivity index (χ2n) is 4.63. The number of thiophene rings is 1. The summed E-state index contributed by atoms with van der Waals surface area (Å²) in [7, 11) is 1.83. The average molecular weight is 282 g/mol. The number of aromatic nitrogens is 2. The van der Waals surface area contributed by atoms with Crippen molar-refractivity contribution in [2.45, 2.75) is 26.4 Å². The van der Waals surface area contributed by atoms with Gasteiger partial charge in [0.15, 0.2) is 0 Å². The van der Waals surface area contributed by atoms with Crippen LogP contribution in [0.2, 0.25) is 0 Å². The number of carbonyl (C=O) groups excluding carboxylic acids is 1. The molecule has 0 saturated heterocycles. The minimum Gasteiger partial charge on any atom is -0.397 e. The molecule has 0 radical (unpaired) electrons. The van der Waals surface area contributed by atoms with Gasteiger partial charge in [0.05, 0.1) is 22.9 Å². The molecule has 7 heteroatoms. The summed E-state index contributed by atoms with van der Waals surface area (Å²) < 4.78 is 1.73. The molecular weight excluding hydrogens is 264 g/mol. The van der Waals surface area contributed by atoms with Crippen LogP contribution in [0.5, 0.6) is 0 Å². The van der Waals surface area contributed by atoms with Crippen LogP contribution in [-0.2, 0) is 7.05 Å². The Bertz CT molecular complexity index is 615. The average Bonchev–Trinajstić information content (AvgIpc) is 2.79. The van der Waals surface area contributed by atoms with Crippen LogP contribution in [0.3, 0.4) is 0 Å². The third-order valence-electron chi connectivity index (χ3n) is 2.94. The van der Waals surface area contributed by atoms with Gasteiger partial charge < -0.3 is 16.2 Å². The maximum absolute atomic E-state index is 12.0. The molecule has 0 saturated carbocycles. The molecule has 1 amide bonds. The van der Waals surface area contributed by atoms with E-state index < -0.39 is 6.10 Å². The van der Waals surface area contributed by atoms with Gasteiger partial charge in [-0.3, -0.25) is 9.48 Å². The van der Waals surface area contributed by atoms with Crippen LogP contribution in [0.4, 0.5) is 5.69 Å². The predicted molar refractivity (Wildman–Crippen MR) is 76.4 cm³/mol. The summed E-state index contributed by atoms with van der Waals surface area (Å²) in [6, 6.07) is 0. The van der Waals surface area contributed by atoms with Crippen molar-refractivity contribution in [1.82, 2.24) is 15.1 Å². The SMILES string of the molecule is Cc1nn(C)c2sc(C(=O)NCCC(C)O)c(N)c12. The predicted octanol–water partition coefficient (Wildman–Crippen LogP) is 1.03. The highest BCUT2D eigenvalue weighted by Gasteiger charge is 2.20. The lowest BCUT2D eigenvalue weighted by atomic mass is 10.2. The first-order valence-corrected chi connectivity index (χ1v) is 6.91. The molecule has 0 aromatic carbocycles. The standard InChI is InChI=1S/C12H18N4O2S/c1-6(17)4-5-14-11(18)10-9(13)8-7(2)15-16(3)12(8)19-10/h6,17H,4-5,13H2,1-3H3,(H,14,18). The molecule has 1 unspecified atom stereocenters. The van der Waals surface area contributed by atoms with Gasteiger partial charge in [-0.25, -0.2) is 0 Å². The molecule has 2 heterocycles. The Kier molecular flexibility index (Phi) is 3.77. The van der Waals surface area contributed by atoms with Crippen LogP contribution in [0.25, 0.3) is 10.2 Å². The van der Waals surface area contributed by atoms with Crippen molar-refractivity contribution in [3.05, 3.63) is 10.6 Å². The number of amides is 1. The second-order valence-corrected chi connectivity index (χ2v) is 5.63. The summed E-state index contributed by atoms with van der Waals surface area (Å²) in [6.45, 7) is 4.00. The van der Waals surface area contributed by atoms with E-state index in [4.69, 9.17) is 10.8 Å². The van der Waals surface area contributed by atoms with Crippen LogP contribution < -0.4 is 11.1 Å². The second kappa shape index (κ2) is 5.18. The Morgan fingerprint density at radius 2 is 2.32 bits per heavy atom. The van der Waals surface area contributed by atoms with E-state index in [0.29, 0.717) is 23.5 Å². The van der Waals surface area contributed by atoms with Crippen molar-refractivity contribution < 1.29 is 9.90 Å².